The minimum absolute atomic E-state index is 0.220. The van der Waals surface area contributed by atoms with Crippen LogP contribution in [0.4, 0.5) is 4.39 Å². The molecule has 0 aliphatic heterocycles. The largest absolute Gasteiger partial charge is 0.461 e. The Morgan fingerprint density at radius 3 is 2.89 bits per heavy atom. The zero-order valence-corrected chi connectivity index (χ0v) is 10.4. The number of carbonyl (C=O) groups is 1. The molecule has 0 aliphatic rings. The predicted octanol–water partition coefficient (Wildman–Crippen LogP) is 3.65. The van der Waals surface area contributed by atoms with Gasteiger partial charge in [0.15, 0.2) is 0 Å². The van der Waals surface area contributed by atoms with Crippen LogP contribution in [0.2, 0.25) is 5.02 Å². The van der Waals surface area contributed by atoms with Gasteiger partial charge in [0.1, 0.15) is 11.5 Å². The topological polar surface area (TPSA) is 42.1 Å². The summed E-state index contributed by atoms with van der Waals surface area (Å²) in [7, 11) is 0. The first-order chi connectivity index (χ1) is 8.63. The Hall–Kier alpha value is -1.81. The summed E-state index contributed by atoms with van der Waals surface area (Å²) in [6, 6.07) is 5.81. The molecule has 0 fully saturated rings. The minimum Gasteiger partial charge on any atom is -0.461 e. The number of rotatable bonds is 3. The van der Waals surface area contributed by atoms with E-state index in [-0.39, 0.29) is 17.9 Å². The van der Waals surface area contributed by atoms with Gasteiger partial charge >= 0.3 is 5.97 Å². The summed E-state index contributed by atoms with van der Waals surface area (Å²) in [6.07, 6.45) is 1.56. The van der Waals surface area contributed by atoms with Gasteiger partial charge in [-0.1, -0.05) is 11.6 Å². The summed E-state index contributed by atoms with van der Waals surface area (Å²) < 4.78 is 18.6. The number of hydrogen-bond acceptors (Lipinski definition) is 2. The van der Waals surface area contributed by atoms with Gasteiger partial charge in [-0.3, -0.25) is 0 Å². The number of halogens is 2. The lowest BCUT2D eigenvalue weighted by Crippen LogP contribution is -2.06. The molecule has 0 bridgehead atoms. The third kappa shape index (κ3) is 2.38. The molecule has 2 aromatic rings. The van der Waals surface area contributed by atoms with Crippen LogP contribution in [0.3, 0.4) is 0 Å². The summed E-state index contributed by atoms with van der Waals surface area (Å²) in [5, 5.41) is 0.405. The fourth-order valence-corrected chi connectivity index (χ4v) is 1.84. The van der Waals surface area contributed by atoms with Gasteiger partial charge in [0.25, 0.3) is 0 Å². The number of ether oxygens (including phenoxy) is 1. The van der Waals surface area contributed by atoms with Gasteiger partial charge in [0.2, 0.25) is 0 Å². The number of benzene rings is 1. The molecule has 1 aromatic heterocycles. The van der Waals surface area contributed by atoms with Crippen LogP contribution in [0.5, 0.6) is 0 Å². The summed E-state index contributed by atoms with van der Waals surface area (Å²) in [5.41, 5.74) is 0.929. The Labute approximate surface area is 109 Å². The van der Waals surface area contributed by atoms with Gasteiger partial charge in [0.05, 0.1) is 6.61 Å². The number of carbonyl (C=O) groups excluding carboxylic acids is 1. The second kappa shape index (κ2) is 5.23. The van der Waals surface area contributed by atoms with E-state index in [9.17, 15) is 9.18 Å². The maximum atomic E-state index is 13.7. The van der Waals surface area contributed by atoms with Crippen LogP contribution in [-0.2, 0) is 4.74 Å². The molecule has 1 aromatic carbocycles. The van der Waals surface area contributed by atoms with Gasteiger partial charge in [-0.2, -0.15) is 0 Å². The van der Waals surface area contributed by atoms with E-state index in [4.69, 9.17) is 16.3 Å². The van der Waals surface area contributed by atoms with E-state index >= 15 is 0 Å². The first kappa shape index (κ1) is 12.6. The monoisotopic (exact) mass is 267 g/mol. The molecule has 0 atom stereocenters. The molecule has 0 saturated heterocycles. The molecule has 0 aliphatic carbocycles. The standard InChI is InChI=1S/C13H11ClFNO2/c1-2-18-13(17)12-9(5-6-16-12)10-7-8(14)3-4-11(10)15/h3-7,16H,2H2,1H3. The van der Waals surface area contributed by atoms with Crippen molar-refractivity contribution in [2.45, 2.75) is 6.92 Å². The molecule has 0 saturated carbocycles. The van der Waals surface area contributed by atoms with E-state index in [1.807, 2.05) is 0 Å². The molecule has 1 N–H and O–H groups in total. The van der Waals surface area contributed by atoms with Crippen LogP contribution >= 0.6 is 11.6 Å². The Morgan fingerprint density at radius 1 is 1.39 bits per heavy atom. The highest BCUT2D eigenvalue weighted by atomic mass is 35.5. The second-order valence-electron chi connectivity index (χ2n) is 3.61. The molecule has 1 heterocycles. The van der Waals surface area contributed by atoms with Crippen LogP contribution in [0, 0.1) is 5.82 Å². The summed E-state index contributed by atoms with van der Waals surface area (Å²) in [5.74, 6) is -0.957. The number of hydrogen-bond donors (Lipinski definition) is 1. The van der Waals surface area contributed by atoms with Crippen molar-refractivity contribution in [3.8, 4) is 11.1 Å². The Morgan fingerprint density at radius 2 is 2.17 bits per heavy atom. The van der Waals surface area contributed by atoms with E-state index in [1.165, 1.54) is 18.2 Å². The zero-order chi connectivity index (χ0) is 13.1. The van der Waals surface area contributed by atoms with E-state index < -0.39 is 11.8 Å². The molecule has 0 unspecified atom stereocenters. The van der Waals surface area contributed by atoms with Gasteiger partial charge in [0, 0.05) is 22.3 Å². The highest BCUT2D eigenvalue weighted by molar-refractivity contribution is 6.30. The molecule has 18 heavy (non-hydrogen) atoms. The Balaban J connectivity index is 2.48. The lowest BCUT2D eigenvalue weighted by molar-refractivity contribution is 0.0521. The van der Waals surface area contributed by atoms with Crippen molar-refractivity contribution in [2.75, 3.05) is 6.61 Å². The average molecular weight is 268 g/mol. The van der Waals surface area contributed by atoms with E-state index in [0.717, 1.165) is 0 Å². The molecule has 0 radical (unpaired) electrons. The van der Waals surface area contributed by atoms with Crippen LogP contribution in [0.25, 0.3) is 11.1 Å². The smallest absolute Gasteiger partial charge is 0.355 e. The Kier molecular flexibility index (Phi) is 3.67. The molecule has 5 heteroatoms. The van der Waals surface area contributed by atoms with Crippen molar-refractivity contribution in [1.29, 1.82) is 0 Å². The lowest BCUT2D eigenvalue weighted by Gasteiger charge is -2.05. The van der Waals surface area contributed by atoms with Crippen molar-refractivity contribution >= 4 is 17.6 Å². The third-order valence-electron chi connectivity index (χ3n) is 2.45. The SMILES string of the molecule is CCOC(=O)c1[nH]ccc1-c1cc(Cl)ccc1F. The molecule has 2 rings (SSSR count). The summed E-state index contributed by atoms with van der Waals surface area (Å²) in [4.78, 5) is 14.4. The van der Waals surface area contributed by atoms with E-state index in [0.29, 0.717) is 10.6 Å². The maximum absolute atomic E-state index is 13.7. The van der Waals surface area contributed by atoms with Crippen LogP contribution in [-0.4, -0.2) is 17.6 Å². The number of aromatic nitrogens is 1. The first-order valence-electron chi connectivity index (χ1n) is 5.43. The maximum Gasteiger partial charge on any atom is 0.355 e. The van der Waals surface area contributed by atoms with Crippen LogP contribution in [0.15, 0.2) is 30.5 Å². The molecule has 0 spiro atoms. The fourth-order valence-electron chi connectivity index (χ4n) is 1.67. The highest BCUT2D eigenvalue weighted by Gasteiger charge is 2.17. The normalized spacial score (nSPS) is 10.4. The predicted molar refractivity (Wildman–Crippen MR) is 67.2 cm³/mol. The first-order valence-corrected chi connectivity index (χ1v) is 5.81. The van der Waals surface area contributed by atoms with Crippen molar-refractivity contribution in [3.63, 3.8) is 0 Å². The van der Waals surface area contributed by atoms with Crippen LogP contribution in [0.1, 0.15) is 17.4 Å². The molecule has 3 nitrogen and oxygen atoms in total. The third-order valence-corrected chi connectivity index (χ3v) is 2.68. The molecular formula is C13H11ClFNO2. The lowest BCUT2D eigenvalue weighted by atomic mass is 10.1. The number of nitrogens with one attached hydrogen (secondary N) is 1. The van der Waals surface area contributed by atoms with Crippen LogP contribution < -0.4 is 0 Å². The number of esters is 1. The van der Waals surface area contributed by atoms with Gasteiger partial charge in [-0.15, -0.1) is 0 Å². The van der Waals surface area contributed by atoms with Crippen molar-refractivity contribution < 1.29 is 13.9 Å². The van der Waals surface area contributed by atoms with Crippen molar-refractivity contribution in [1.82, 2.24) is 4.98 Å². The summed E-state index contributed by atoms with van der Waals surface area (Å²) in [6.45, 7) is 1.97. The number of aromatic amines is 1. The minimum atomic E-state index is -0.517. The average Bonchev–Trinajstić information content (AvgIpc) is 2.81. The molecule has 94 valence electrons. The highest BCUT2D eigenvalue weighted by Crippen LogP contribution is 2.28. The molecule has 0 amide bonds. The quantitative estimate of drug-likeness (QED) is 0.863. The van der Waals surface area contributed by atoms with E-state index in [2.05, 4.69) is 4.98 Å². The second-order valence-corrected chi connectivity index (χ2v) is 4.05. The van der Waals surface area contributed by atoms with E-state index in [1.54, 1.807) is 19.2 Å². The summed E-state index contributed by atoms with van der Waals surface area (Å²) >= 11 is 5.83. The van der Waals surface area contributed by atoms with Crippen molar-refractivity contribution in [2.24, 2.45) is 0 Å². The Bertz CT molecular complexity index is 580. The zero-order valence-electron chi connectivity index (χ0n) is 9.67. The fraction of sp³-hybridized carbons (Fsp3) is 0.154. The number of H-pyrrole nitrogens is 1. The molecular weight excluding hydrogens is 257 g/mol. The van der Waals surface area contributed by atoms with Gasteiger partial charge < -0.3 is 9.72 Å². The van der Waals surface area contributed by atoms with Gasteiger partial charge in [-0.25, -0.2) is 9.18 Å². The van der Waals surface area contributed by atoms with Gasteiger partial charge in [-0.05, 0) is 31.2 Å². The van der Waals surface area contributed by atoms with Crippen molar-refractivity contribution in [3.05, 3.63) is 47.0 Å².